The third kappa shape index (κ3) is 4.55. The van der Waals surface area contributed by atoms with Gasteiger partial charge in [0, 0.05) is 12.1 Å². The minimum Gasteiger partial charge on any atom is -0.326 e. The van der Waals surface area contributed by atoms with Gasteiger partial charge in [0.25, 0.3) is 0 Å². The predicted octanol–water partition coefficient (Wildman–Crippen LogP) is 3.65. The van der Waals surface area contributed by atoms with Crippen LogP contribution >= 0.6 is 0 Å². The van der Waals surface area contributed by atoms with Gasteiger partial charge in [-0.25, -0.2) is 0 Å². The first kappa shape index (κ1) is 16.0. The fourth-order valence-electron chi connectivity index (χ4n) is 3.50. The van der Waals surface area contributed by atoms with Gasteiger partial charge in [0.2, 0.25) is 0 Å². The van der Waals surface area contributed by atoms with E-state index >= 15 is 0 Å². The molecule has 1 aliphatic rings. The summed E-state index contributed by atoms with van der Waals surface area (Å²) in [6.07, 6.45) is 7.72. The largest absolute Gasteiger partial charge is 0.326 e. The van der Waals surface area contributed by atoms with Crippen LogP contribution < -0.4 is 5.73 Å². The predicted molar refractivity (Wildman–Crippen MR) is 80.7 cm³/mol. The summed E-state index contributed by atoms with van der Waals surface area (Å²) >= 11 is 0. The molecule has 2 heteroatoms. The van der Waals surface area contributed by atoms with Crippen molar-refractivity contribution >= 4 is 0 Å². The maximum Gasteiger partial charge on any atom is 0.0244 e. The van der Waals surface area contributed by atoms with E-state index in [1.165, 1.54) is 51.6 Å². The Hall–Kier alpha value is -0.0800. The van der Waals surface area contributed by atoms with E-state index in [-0.39, 0.29) is 0 Å². The van der Waals surface area contributed by atoms with Crippen molar-refractivity contribution < 1.29 is 0 Å². The van der Waals surface area contributed by atoms with Crippen LogP contribution in [-0.4, -0.2) is 30.1 Å². The first-order valence-corrected chi connectivity index (χ1v) is 8.09. The molecule has 0 spiro atoms. The van der Waals surface area contributed by atoms with Crippen molar-refractivity contribution in [3.63, 3.8) is 0 Å². The Morgan fingerprint density at radius 1 is 1.17 bits per heavy atom. The molecule has 1 saturated heterocycles. The van der Waals surface area contributed by atoms with Gasteiger partial charge in [0.15, 0.2) is 0 Å². The molecule has 0 bridgehead atoms. The second-order valence-electron chi connectivity index (χ2n) is 6.40. The van der Waals surface area contributed by atoms with E-state index in [0.717, 1.165) is 11.8 Å². The molecule has 0 radical (unpaired) electrons. The number of likely N-dealkylation sites (tertiary alicyclic amines) is 1. The Labute approximate surface area is 114 Å². The smallest absolute Gasteiger partial charge is 0.0244 e. The summed E-state index contributed by atoms with van der Waals surface area (Å²) in [6.45, 7) is 11.8. The Bertz CT molecular complexity index is 215. The summed E-state index contributed by atoms with van der Waals surface area (Å²) in [5, 5.41) is 0. The highest BCUT2D eigenvalue weighted by atomic mass is 15.2. The van der Waals surface area contributed by atoms with Gasteiger partial charge in [0.1, 0.15) is 0 Å². The maximum absolute atomic E-state index is 6.37. The van der Waals surface area contributed by atoms with Crippen molar-refractivity contribution in [1.29, 1.82) is 0 Å². The monoisotopic (exact) mass is 254 g/mol. The van der Waals surface area contributed by atoms with E-state index < -0.39 is 0 Å². The average molecular weight is 254 g/mol. The molecule has 0 aromatic carbocycles. The molecule has 2 nitrogen and oxygen atoms in total. The Balaban J connectivity index is 2.54. The number of nitrogens with zero attached hydrogens (tertiary/aromatic N) is 1. The lowest BCUT2D eigenvalue weighted by atomic mass is 9.89. The van der Waals surface area contributed by atoms with Gasteiger partial charge >= 0.3 is 0 Å². The summed E-state index contributed by atoms with van der Waals surface area (Å²) in [6, 6.07) is 0.978. The van der Waals surface area contributed by atoms with Crippen LogP contribution in [0.2, 0.25) is 0 Å². The van der Waals surface area contributed by atoms with E-state index in [9.17, 15) is 0 Å². The molecule has 3 atom stereocenters. The van der Waals surface area contributed by atoms with Gasteiger partial charge in [-0.05, 0) is 57.0 Å². The Morgan fingerprint density at radius 3 is 2.44 bits per heavy atom. The van der Waals surface area contributed by atoms with Crippen LogP contribution in [0.3, 0.4) is 0 Å². The highest BCUT2D eigenvalue weighted by Gasteiger charge is 2.26. The normalized spacial score (nSPS) is 26.0. The molecule has 0 amide bonds. The van der Waals surface area contributed by atoms with Crippen LogP contribution in [-0.2, 0) is 0 Å². The molecule has 1 rings (SSSR count). The third-order valence-electron chi connectivity index (χ3n) is 4.75. The van der Waals surface area contributed by atoms with Crippen LogP contribution in [0.15, 0.2) is 0 Å². The fraction of sp³-hybridized carbons (Fsp3) is 1.00. The fourth-order valence-corrected chi connectivity index (χ4v) is 3.50. The van der Waals surface area contributed by atoms with E-state index in [1.54, 1.807) is 0 Å². The zero-order chi connectivity index (χ0) is 13.5. The molecule has 1 aliphatic heterocycles. The number of rotatable bonds is 6. The lowest BCUT2D eigenvalue weighted by Crippen LogP contribution is -2.47. The van der Waals surface area contributed by atoms with Gasteiger partial charge in [-0.3, -0.25) is 4.90 Å². The SMILES string of the molecule is CCCC(N)C(CC)N1CCCC(C(C)C)CC1. The van der Waals surface area contributed by atoms with Gasteiger partial charge in [-0.1, -0.05) is 34.1 Å². The van der Waals surface area contributed by atoms with Gasteiger partial charge < -0.3 is 5.73 Å². The lowest BCUT2D eigenvalue weighted by Gasteiger charge is -2.34. The van der Waals surface area contributed by atoms with Crippen LogP contribution in [0.1, 0.15) is 66.2 Å². The third-order valence-corrected chi connectivity index (χ3v) is 4.75. The molecule has 1 fully saturated rings. The molecule has 108 valence electrons. The van der Waals surface area contributed by atoms with Gasteiger partial charge in [-0.2, -0.15) is 0 Å². The van der Waals surface area contributed by atoms with Crippen LogP contribution in [0, 0.1) is 11.8 Å². The van der Waals surface area contributed by atoms with E-state index in [1.807, 2.05) is 0 Å². The van der Waals surface area contributed by atoms with E-state index in [4.69, 9.17) is 5.73 Å². The summed E-state index contributed by atoms with van der Waals surface area (Å²) in [7, 11) is 0. The van der Waals surface area contributed by atoms with E-state index in [2.05, 4.69) is 32.6 Å². The molecular weight excluding hydrogens is 220 g/mol. The second-order valence-corrected chi connectivity index (χ2v) is 6.40. The minimum absolute atomic E-state index is 0.371. The van der Waals surface area contributed by atoms with Crippen molar-refractivity contribution in [2.45, 2.75) is 78.3 Å². The second kappa shape index (κ2) is 8.16. The maximum atomic E-state index is 6.37. The zero-order valence-electron chi connectivity index (χ0n) is 13.0. The molecule has 0 aliphatic carbocycles. The molecule has 1 heterocycles. The zero-order valence-corrected chi connectivity index (χ0v) is 13.0. The average Bonchev–Trinajstić information content (AvgIpc) is 2.56. The Morgan fingerprint density at radius 2 is 1.89 bits per heavy atom. The number of nitrogens with two attached hydrogens (primary N) is 1. The highest BCUT2D eigenvalue weighted by Crippen LogP contribution is 2.26. The van der Waals surface area contributed by atoms with Crippen molar-refractivity contribution in [2.24, 2.45) is 17.6 Å². The summed E-state index contributed by atoms with van der Waals surface area (Å²) < 4.78 is 0. The molecule has 18 heavy (non-hydrogen) atoms. The van der Waals surface area contributed by atoms with Crippen LogP contribution in [0.4, 0.5) is 0 Å². The van der Waals surface area contributed by atoms with Crippen molar-refractivity contribution in [2.75, 3.05) is 13.1 Å². The number of hydrogen-bond donors (Lipinski definition) is 1. The topological polar surface area (TPSA) is 29.3 Å². The summed E-state index contributed by atoms with van der Waals surface area (Å²) in [5.74, 6) is 1.77. The lowest BCUT2D eigenvalue weighted by molar-refractivity contribution is 0.163. The molecule has 0 aromatic rings. The first-order chi connectivity index (χ1) is 8.60. The van der Waals surface area contributed by atoms with Gasteiger partial charge in [0.05, 0.1) is 0 Å². The molecule has 0 aromatic heterocycles. The first-order valence-electron chi connectivity index (χ1n) is 8.09. The molecular formula is C16H34N2. The van der Waals surface area contributed by atoms with Crippen LogP contribution in [0.25, 0.3) is 0 Å². The van der Waals surface area contributed by atoms with Crippen molar-refractivity contribution in [1.82, 2.24) is 4.90 Å². The van der Waals surface area contributed by atoms with E-state index in [0.29, 0.717) is 12.1 Å². The van der Waals surface area contributed by atoms with Crippen LogP contribution in [0.5, 0.6) is 0 Å². The Kier molecular flexibility index (Phi) is 7.25. The van der Waals surface area contributed by atoms with Crippen molar-refractivity contribution in [3.8, 4) is 0 Å². The standard InChI is InChI=1S/C16H34N2/c1-5-8-15(17)16(6-2)18-11-7-9-14(10-12-18)13(3)4/h13-16H,5-12,17H2,1-4H3. The quantitative estimate of drug-likeness (QED) is 0.784. The number of hydrogen-bond acceptors (Lipinski definition) is 2. The molecule has 3 unspecified atom stereocenters. The summed E-state index contributed by atoms with van der Waals surface area (Å²) in [4.78, 5) is 2.68. The minimum atomic E-state index is 0.371. The highest BCUT2D eigenvalue weighted by molar-refractivity contribution is 4.83. The van der Waals surface area contributed by atoms with Crippen molar-refractivity contribution in [3.05, 3.63) is 0 Å². The molecule has 2 N–H and O–H groups in total. The summed E-state index contributed by atoms with van der Waals surface area (Å²) in [5.41, 5.74) is 6.37. The molecule has 0 saturated carbocycles. The van der Waals surface area contributed by atoms with Gasteiger partial charge in [-0.15, -0.1) is 0 Å².